The summed E-state index contributed by atoms with van der Waals surface area (Å²) < 4.78 is 11.8. The Hall–Kier alpha value is -3.26. The van der Waals surface area contributed by atoms with Crippen molar-refractivity contribution in [2.24, 2.45) is 0 Å². The molecular formula is C20H16N2O5S. The zero-order valence-electron chi connectivity index (χ0n) is 15.1. The molecule has 4 rings (SSSR count). The summed E-state index contributed by atoms with van der Waals surface area (Å²) in [6, 6.07) is 7.42. The van der Waals surface area contributed by atoms with Gasteiger partial charge in [0.2, 0.25) is 5.78 Å². The Morgan fingerprint density at radius 1 is 1.14 bits per heavy atom. The monoisotopic (exact) mass is 396 g/mol. The number of aryl methyl sites for hydroxylation is 2. The van der Waals surface area contributed by atoms with Gasteiger partial charge in [-0.25, -0.2) is 14.6 Å². The van der Waals surface area contributed by atoms with Crippen LogP contribution in [0.1, 0.15) is 26.6 Å². The van der Waals surface area contributed by atoms with Gasteiger partial charge in [-0.1, -0.05) is 18.2 Å². The first kappa shape index (κ1) is 18.1. The zero-order valence-corrected chi connectivity index (χ0v) is 16.0. The molecule has 1 aromatic carbocycles. The molecule has 8 heteroatoms. The van der Waals surface area contributed by atoms with Crippen LogP contribution in [0.3, 0.4) is 0 Å². The minimum absolute atomic E-state index is 0.191. The SMILES string of the molecule is Cc1[nH]cnc1CC1(C(=O)c2c(C)sc3ccccc23)OC(=O)C=CC(=O)O1. The van der Waals surface area contributed by atoms with Gasteiger partial charge in [-0.2, -0.15) is 0 Å². The number of aromatic amines is 1. The number of cyclic esters (lactones) is 2. The molecule has 0 fully saturated rings. The summed E-state index contributed by atoms with van der Waals surface area (Å²) in [5.41, 5.74) is 1.52. The molecule has 0 aliphatic carbocycles. The maximum absolute atomic E-state index is 13.7. The average molecular weight is 396 g/mol. The maximum atomic E-state index is 13.7. The van der Waals surface area contributed by atoms with Gasteiger partial charge in [-0.3, -0.25) is 4.79 Å². The highest BCUT2D eigenvalue weighted by Crippen LogP contribution is 2.36. The van der Waals surface area contributed by atoms with Crippen LogP contribution >= 0.6 is 11.3 Å². The molecule has 2 aromatic heterocycles. The Balaban J connectivity index is 1.88. The highest BCUT2D eigenvalue weighted by Gasteiger charge is 2.49. The van der Waals surface area contributed by atoms with E-state index in [1.807, 2.05) is 31.2 Å². The molecule has 1 aliphatic rings. The van der Waals surface area contributed by atoms with E-state index in [1.54, 1.807) is 6.92 Å². The van der Waals surface area contributed by atoms with Crippen LogP contribution in [0.15, 0.2) is 42.7 Å². The molecule has 3 aromatic rings. The van der Waals surface area contributed by atoms with E-state index in [-0.39, 0.29) is 6.42 Å². The normalized spacial score (nSPS) is 15.9. The van der Waals surface area contributed by atoms with Crippen LogP contribution in [-0.4, -0.2) is 33.5 Å². The number of H-pyrrole nitrogens is 1. The van der Waals surface area contributed by atoms with Gasteiger partial charge in [-0.15, -0.1) is 11.3 Å². The molecule has 28 heavy (non-hydrogen) atoms. The number of fused-ring (bicyclic) bond motifs is 1. The van der Waals surface area contributed by atoms with Gasteiger partial charge in [0.05, 0.1) is 18.4 Å². The third-order valence-corrected chi connectivity index (χ3v) is 5.65. The van der Waals surface area contributed by atoms with Gasteiger partial charge in [0.25, 0.3) is 0 Å². The van der Waals surface area contributed by atoms with E-state index in [9.17, 15) is 14.4 Å². The van der Waals surface area contributed by atoms with Gasteiger partial charge in [0.15, 0.2) is 0 Å². The van der Waals surface area contributed by atoms with E-state index < -0.39 is 23.5 Å². The standard InChI is InChI=1S/C20H16N2O5S/c1-11-14(22-10-21-11)9-20(26-16(23)7-8-17(24)27-20)19(25)18-12(2)28-15-6-4-3-5-13(15)18/h3-8,10H,9H2,1-2H3,(H,21,22). The minimum Gasteiger partial charge on any atom is -0.411 e. The van der Waals surface area contributed by atoms with Crippen LogP contribution in [0, 0.1) is 13.8 Å². The lowest BCUT2D eigenvalue weighted by molar-refractivity contribution is -0.201. The molecule has 0 spiro atoms. The topological polar surface area (TPSA) is 98.4 Å². The molecule has 142 valence electrons. The second-order valence-electron chi connectivity index (χ2n) is 6.44. The number of thiophene rings is 1. The number of nitrogens with one attached hydrogen (secondary N) is 1. The van der Waals surface area contributed by atoms with Crippen molar-refractivity contribution in [1.29, 1.82) is 0 Å². The van der Waals surface area contributed by atoms with E-state index in [0.717, 1.165) is 27.1 Å². The molecule has 0 saturated carbocycles. The van der Waals surface area contributed by atoms with Gasteiger partial charge < -0.3 is 14.5 Å². The highest BCUT2D eigenvalue weighted by atomic mass is 32.1. The molecule has 0 bridgehead atoms. The Kier molecular flexibility index (Phi) is 4.35. The number of carbonyl (C=O) groups excluding carboxylic acids is 3. The number of nitrogens with zero attached hydrogens (tertiary/aromatic N) is 1. The van der Waals surface area contributed by atoms with Crippen LogP contribution in [-0.2, 0) is 25.5 Å². The number of aromatic nitrogens is 2. The Bertz CT molecular complexity index is 1120. The van der Waals surface area contributed by atoms with Crippen molar-refractivity contribution in [3.8, 4) is 0 Å². The number of imidazole rings is 1. The van der Waals surface area contributed by atoms with Gasteiger partial charge in [0.1, 0.15) is 0 Å². The summed E-state index contributed by atoms with van der Waals surface area (Å²) in [6.07, 6.45) is 3.18. The van der Waals surface area contributed by atoms with E-state index in [4.69, 9.17) is 9.47 Å². The van der Waals surface area contributed by atoms with Crippen LogP contribution in [0.4, 0.5) is 0 Å². The Morgan fingerprint density at radius 3 is 2.46 bits per heavy atom. The second kappa shape index (κ2) is 6.72. The lowest BCUT2D eigenvalue weighted by atomic mass is 9.95. The van der Waals surface area contributed by atoms with E-state index >= 15 is 0 Å². The fourth-order valence-electron chi connectivity index (χ4n) is 3.22. The summed E-state index contributed by atoms with van der Waals surface area (Å²) in [5.74, 6) is -4.38. The molecule has 0 amide bonds. The first-order valence-corrected chi connectivity index (χ1v) is 9.37. The van der Waals surface area contributed by atoms with E-state index in [0.29, 0.717) is 17.0 Å². The number of ether oxygens (including phenoxy) is 2. The predicted molar refractivity (Wildman–Crippen MR) is 102 cm³/mol. The summed E-state index contributed by atoms with van der Waals surface area (Å²) in [5, 5.41) is 0.720. The minimum atomic E-state index is -2.13. The number of carbonyl (C=O) groups is 3. The average Bonchev–Trinajstić information content (AvgIpc) is 3.16. The Labute approximate surface area is 164 Å². The zero-order chi connectivity index (χ0) is 19.9. The lowest BCUT2D eigenvalue weighted by Crippen LogP contribution is -2.48. The second-order valence-corrected chi connectivity index (χ2v) is 7.69. The van der Waals surface area contributed by atoms with Gasteiger partial charge in [-0.05, 0) is 19.9 Å². The molecule has 3 heterocycles. The molecule has 0 saturated heterocycles. The van der Waals surface area contributed by atoms with Crippen molar-refractivity contribution in [2.75, 3.05) is 0 Å². The molecular weight excluding hydrogens is 380 g/mol. The summed E-state index contributed by atoms with van der Waals surface area (Å²) in [6.45, 7) is 3.58. The highest BCUT2D eigenvalue weighted by molar-refractivity contribution is 7.19. The quantitative estimate of drug-likeness (QED) is 0.538. The van der Waals surface area contributed by atoms with Crippen molar-refractivity contribution < 1.29 is 23.9 Å². The number of Topliss-reactive ketones (excluding diaryl/α,β-unsaturated/α-hetero) is 1. The summed E-state index contributed by atoms with van der Waals surface area (Å²) in [7, 11) is 0. The number of rotatable bonds is 4. The fraction of sp³-hybridized carbons (Fsp3) is 0.200. The van der Waals surface area contributed by atoms with Crippen LogP contribution in [0.2, 0.25) is 0 Å². The van der Waals surface area contributed by atoms with Crippen molar-refractivity contribution >= 4 is 39.1 Å². The van der Waals surface area contributed by atoms with E-state index in [2.05, 4.69) is 9.97 Å². The molecule has 1 aliphatic heterocycles. The van der Waals surface area contributed by atoms with Crippen LogP contribution in [0.25, 0.3) is 10.1 Å². The van der Waals surface area contributed by atoms with Gasteiger partial charge >= 0.3 is 17.7 Å². The summed E-state index contributed by atoms with van der Waals surface area (Å²) in [4.78, 5) is 45.8. The lowest BCUT2D eigenvalue weighted by Gasteiger charge is -2.29. The van der Waals surface area contributed by atoms with Crippen molar-refractivity contribution in [3.05, 3.63) is 64.6 Å². The number of hydrogen-bond acceptors (Lipinski definition) is 7. The van der Waals surface area contributed by atoms with Crippen molar-refractivity contribution in [1.82, 2.24) is 9.97 Å². The molecule has 0 radical (unpaired) electrons. The third-order valence-electron chi connectivity index (χ3n) is 4.57. The first-order valence-electron chi connectivity index (χ1n) is 8.55. The van der Waals surface area contributed by atoms with Crippen molar-refractivity contribution in [2.45, 2.75) is 26.1 Å². The number of ketones is 1. The number of benzene rings is 1. The first-order chi connectivity index (χ1) is 13.4. The number of esters is 2. The van der Waals surface area contributed by atoms with E-state index in [1.165, 1.54) is 17.7 Å². The summed E-state index contributed by atoms with van der Waals surface area (Å²) >= 11 is 1.45. The van der Waals surface area contributed by atoms with Gasteiger partial charge in [0, 0.05) is 38.4 Å². The Morgan fingerprint density at radius 2 is 1.82 bits per heavy atom. The molecule has 0 atom stereocenters. The smallest absolute Gasteiger partial charge is 0.334 e. The fourth-order valence-corrected chi connectivity index (χ4v) is 4.28. The third kappa shape index (κ3) is 3.01. The molecule has 1 N–H and O–H groups in total. The largest absolute Gasteiger partial charge is 0.411 e. The maximum Gasteiger partial charge on any atom is 0.334 e. The predicted octanol–water partition coefficient (Wildman–Crippen LogP) is 3.02. The molecule has 7 nitrogen and oxygen atoms in total. The number of hydrogen-bond donors (Lipinski definition) is 1. The van der Waals surface area contributed by atoms with Crippen LogP contribution in [0.5, 0.6) is 0 Å². The molecule has 0 unspecified atom stereocenters. The van der Waals surface area contributed by atoms with Crippen molar-refractivity contribution in [3.63, 3.8) is 0 Å². The van der Waals surface area contributed by atoms with Crippen LogP contribution < -0.4 is 0 Å².